The second-order valence-corrected chi connectivity index (χ2v) is 5.74. The molecule has 1 heterocycles. The number of hydrogen-bond donors (Lipinski definition) is 1. The summed E-state index contributed by atoms with van der Waals surface area (Å²) in [5, 5.41) is 3.57. The highest BCUT2D eigenvalue weighted by atomic mass is 16.5. The summed E-state index contributed by atoms with van der Waals surface area (Å²) in [6.07, 6.45) is 2.31. The molecule has 1 unspecified atom stereocenters. The minimum atomic E-state index is 0.247. The highest BCUT2D eigenvalue weighted by Gasteiger charge is 2.36. The second-order valence-electron chi connectivity index (χ2n) is 5.74. The van der Waals surface area contributed by atoms with E-state index in [0.29, 0.717) is 0 Å². The Hall–Kier alpha value is -0.200. The fourth-order valence-electron chi connectivity index (χ4n) is 2.68. The number of rotatable bonds is 12. The fraction of sp³-hybridized carbons (Fsp3) is 1.00. The van der Waals surface area contributed by atoms with Crippen molar-refractivity contribution in [3.05, 3.63) is 0 Å². The van der Waals surface area contributed by atoms with Crippen LogP contribution in [0.5, 0.6) is 0 Å². The lowest BCUT2D eigenvalue weighted by Crippen LogP contribution is -2.46. The van der Waals surface area contributed by atoms with Crippen molar-refractivity contribution in [1.29, 1.82) is 0 Å². The molecule has 1 aliphatic heterocycles. The highest BCUT2D eigenvalue weighted by molar-refractivity contribution is 4.88. The van der Waals surface area contributed by atoms with Crippen LogP contribution in [0.1, 0.15) is 19.8 Å². The third-order valence-electron chi connectivity index (χ3n) is 3.89. The van der Waals surface area contributed by atoms with Crippen LogP contribution in [0.25, 0.3) is 0 Å². The van der Waals surface area contributed by atoms with E-state index in [-0.39, 0.29) is 5.41 Å². The van der Waals surface area contributed by atoms with Crippen LogP contribution in [0.2, 0.25) is 0 Å². The van der Waals surface area contributed by atoms with Crippen molar-refractivity contribution in [3.8, 4) is 0 Å². The average Bonchev–Trinajstić information content (AvgIpc) is 2.91. The van der Waals surface area contributed by atoms with E-state index in [1.165, 1.54) is 6.42 Å². The van der Waals surface area contributed by atoms with Crippen LogP contribution in [0.3, 0.4) is 0 Å². The van der Waals surface area contributed by atoms with Crippen LogP contribution < -0.4 is 5.32 Å². The highest BCUT2D eigenvalue weighted by Crippen LogP contribution is 2.29. The molecule has 0 spiro atoms. The molecular formula is C15H32N2O3. The maximum atomic E-state index is 5.67. The summed E-state index contributed by atoms with van der Waals surface area (Å²) < 4.78 is 16.1. The van der Waals surface area contributed by atoms with Crippen LogP contribution >= 0.6 is 0 Å². The minimum Gasteiger partial charge on any atom is -0.383 e. The molecule has 20 heavy (non-hydrogen) atoms. The molecule has 0 radical (unpaired) electrons. The maximum absolute atomic E-state index is 5.67. The van der Waals surface area contributed by atoms with E-state index in [9.17, 15) is 0 Å². The lowest BCUT2D eigenvalue weighted by molar-refractivity contribution is 0.0684. The molecule has 0 aromatic carbocycles. The van der Waals surface area contributed by atoms with E-state index in [1.807, 2.05) is 0 Å². The van der Waals surface area contributed by atoms with Crippen LogP contribution in [-0.2, 0) is 14.2 Å². The van der Waals surface area contributed by atoms with Gasteiger partial charge in [-0.1, -0.05) is 6.92 Å². The van der Waals surface area contributed by atoms with E-state index in [0.717, 1.165) is 65.6 Å². The molecule has 0 aromatic rings. The van der Waals surface area contributed by atoms with Gasteiger partial charge in [-0.15, -0.1) is 0 Å². The van der Waals surface area contributed by atoms with Gasteiger partial charge >= 0.3 is 0 Å². The SMILES string of the molecule is CCCNCC1(CN(CCOC)CCOC)CCOC1. The van der Waals surface area contributed by atoms with E-state index in [4.69, 9.17) is 14.2 Å². The topological polar surface area (TPSA) is 43.0 Å². The summed E-state index contributed by atoms with van der Waals surface area (Å²) >= 11 is 0. The Morgan fingerprint density at radius 2 is 1.90 bits per heavy atom. The Morgan fingerprint density at radius 1 is 1.20 bits per heavy atom. The molecule has 0 saturated carbocycles. The average molecular weight is 288 g/mol. The van der Waals surface area contributed by atoms with Crippen molar-refractivity contribution < 1.29 is 14.2 Å². The summed E-state index contributed by atoms with van der Waals surface area (Å²) in [6.45, 7) is 10.6. The predicted molar refractivity (Wildman–Crippen MR) is 81.2 cm³/mol. The maximum Gasteiger partial charge on any atom is 0.0589 e. The largest absolute Gasteiger partial charge is 0.383 e. The smallest absolute Gasteiger partial charge is 0.0589 e. The number of nitrogens with one attached hydrogen (secondary N) is 1. The molecule has 0 bridgehead atoms. The van der Waals surface area contributed by atoms with Crippen LogP contribution in [0.15, 0.2) is 0 Å². The molecule has 1 N–H and O–H groups in total. The first-order chi connectivity index (χ1) is 9.76. The third-order valence-corrected chi connectivity index (χ3v) is 3.89. The molecule has 1 atom stereocenters. The van der Waals surface area contributed by atoms with Crippen molar-refractivity contribution in [2.24, 2.45) is 5.41 Å². The van der Waals surface area contributed by atoms with E-state index in [1.54, 1.807) is 14.2 Å². The minimum absolute atomic E-state index is 0.247. The quantitative estimate of drug-likeness (QED) is 0.543. The van der Waals surface area contributed by atoms with Gasteiger partial charge in [0.2, 0.25) is 0 Å². The van der Waals surface area contributed by atoms with E-state index >= 15 is 0 Å². The van der Waals surface area contributed by atoms with Gasteiger partial charge in [0.15, 0.2) is 0 Å². The van der Waals surface area contributed by atoms with Gasteiger partial charge in [-0.25, -0.2) is 0 Å². The second kappa shape index (κ2) is 10.5. The van der Waals surface area contributed by atoms with Gasteiger partial charge in [0.1, 0.15) is 0 Å². The first-order valence-electron chi connectivity index (χ1n) is 7.75. The van der Waals surface area contributed by atoms with Gasteiger partial charge in [-0.3, -0.25) is 4.90 Å². The summed E-state index contributed by atoms with van der Waals surface area (Å²) in [5.41, 5.74) is 0.247. The normalized spacial score (nSPS) is 22.8. The van der Waals surface area contributed by atoms with Gasteiger partial charge < -0.3 is 19.5 Å². The molecule has 0 aliphatic carbocycles. The van der Waals surface area contributed by atoms with Gasteiger partial charge in [-0.05, 0) is 19.4 Å². The Morgan fingerprint density at radius 3 is 2.40 bits per heavy atom. The summed E-state index contributed by atoms with van der Waals surface area (Å²) in [6, 6.07) is 0. The van der Waals surface area contributed by atoms with Crippen molar-refractivity contribution in [2.45, 2.75) is 19.8 Å². The van der Waals surface area contributed by atoms with Gasteiger partial charge in [0.25, 0.3) is 0 Å². The lowest BCUT2D eigenvalue weighted by Gasteiger charge is -2.34. The number of hydrogen-bond acceptors (Lipinski definition) is 5. The number of ether oxygens (including phenoxy) is 3. The molecule has 5 heteroatoms. The molecule has 120 valence electrons. The Balaban J connectivity index is 2.49. The zero-order valence-corrected chi connectivity index (χ0v) is 13.5. The van der Waals surface area contributed by atoms with Crippen molar-refractivity contribution in [3.63, 3.8) is 0 Å². The zero-order valence-electron chi connectivity index (χ0n) is 13.5. The molecule has 0 amide bonds. The third kappa shape index (κ3) is 6.50. The predicted octanol–water partition coefficient (Wildman–Crippen LogP) is 0.988. The van der Waals surface area contributed by atoms with Crippen LogP contribution in [0.4, 0.5) is 0 Å². The van der Waals surface area contributed by atoms with Crippen molar-refractivity contribution in [1.82, 2.24) is 10.2 Å². The first kappa shape index (κ1) is 17.9. The van der Waals surface area contributed by atoms with Gasteiger partial charge in [-0.2, -0.15) is 0 Å². The van der Waals surface area contributed by atoms with Crippen LogP contribution in [0, 0.1) is 5.41 Å². The standard InChI is InChI=1S/C15H32N2O3/c1-4-6-16-12-15(5-9-20-14-15)13-17(7-10-18-2)8-11-19-3/h16H,4-14H2,1-3H3. The Bertz CT molecular complexity index is 225. The monoisotopic (exact) mass is 288 g/mol. The summed E-state index contributed by atoms with van der Waals surface area (Å²) in [7, 11) is 3.51. The summed E-state index contributed by atoms with van der Waals surface area (Å²) in [5.74, 6) is 0. The summed E-state index contributed by atoms with van der Waals surface area (Å²) in [4.78, 5) is 2.44. The van der Waals surface area contributed by atoms with Gasteiger partial charge in [0, 0.05) is 52.4 Å². The van der Waals surface area contributed by atoms with Gasteiger partial charge in [0.05, 0.1) is 19.8 Å². The van der Waals surface area contributed by atoms with Crippen molar-refractivity contribution in [2.75, 3.05) is 73.4 Å². The molecule has 1 saturated heterocycles. The van der Waals surface area contributed by atoms with Crippen molar-refractivity contribution >= 4 is 0 Å². The molecule has 1 fully saturated rings. The number of nitrogens with zero attached hydrogens (tertiary/aromatic N) is 1. The van der Waals surface area contributed by atoms with Crippen LogP contribution in [-0.4, -0.2) is 78.3 Å². The lowest BCUT2D eigenvalue weighted by atomic mass is 9.86. The van der Waals surface area contributed by atoms with E-state index in [2.05, 4.69) is 17.1 Å². The zero-order chi connectivity index (χ0) is 14.7. The van der Waals surface area contributed by atoms with E-state index < -0.39 is 0 Å². The fourth-order valence-corrected chi connectivity index (χ4v) is 2.68. The first-order valence-corrected chi connectivity index (χ1v) is 7.75. The molecular weight excluding hydrogens is 256 g/mol. The Kier molecular flexibility index (Phi) is 9.39. The Labute approximate surface area is 123 Å². The molecule has 0 aromatic heterocycles. The molecule has 1 rings (SSSR count). The number of methoxy groups -OCH3 is 2. The molecule has 5 nitrogen and oxygen atoms in total. The molecule has 1 aliphatic rings.